The van der Waals surface area contributed by atoms with Crippen molar-refractivity contribution in [3.05, 3.63) is 94.6 Å². The lowest BCUT2D eigenvalue weighted by Gasteiger charge is -2.33. The van der Waals surface area contributed by atoms with Crippen LogP contribution in [0.1, 0.15) is 39.7 Å². The Morgan fingerprint density at radius 2 is 1.84 bits per heavy atom. The van der Waals surface area contributed by atoms with Gasteiger partial charge < -0.3 is 4.74 Å². The number of aromatic nitrogens is 2. The second-order valence-corrected chi connectivity index (χ2v) is 7.87. The van der Waals surface area contributed by atoms with Crippen LogP contribution in [-0.2, 0) is 23.9 Å². The highest BCUT2D eigenvalue weighted by Gasteiger charge is 2.30. The van der Waals surface area contributed by atoms with Crippen molar-refractivity contribution in [2.24, 2.45) is 0 Å². The fraction of sp³-hybridized carbons (Fsp3) is 0.333. The third kappa shape index (κ3) is 5.68. The number of pyridine rings is 2. The minimum absolute atomic E-state index is 0.171. The standard InChI is InChI=1S/C24H24F3N3O/c1-17-11-20(12-19-3-2-4-21(13-19)24(25,26)27)14-22(29-17)23-16-30(9-10-31-23)15-18-5-7-28-8-6-18/h2-8,11,13-14,23H,9-10,12,15-16H2,1H3/t23-/m0/s1. The van der Waals surface area contributed by atoms with Gasteiger partial charge in [-0.15, -0.1) is 0 Å². The zero-order valence-electron chi connectivity index (χ0n) is 17.3. The van der Waals surface area contributed by atoms with Gasteiger partial charge in [-0.2, -0.15) is 13.2 Å². The molecule has 1 fully saturated rings. The first-order valence-corrected chi connectivity index (χ1v) is 10.2. The van der Waals surface area contributed by atoms with E-state index in [-0.39, 0.29) is 6.10 Å². The van der Waals surface area contributed by atoms with Crippen LogP contribution in [0.4, 0.5) is 13.2 Å². The van der Waals surface area contributed by atoms with Crippen LogP contribution in [0, 0.1) is 6.92 Å². The van der Waals surface area contributed by atoms with E-state index in [0.717, 1.165) is 36.1 Å². The molecule has 3 aromatic rings. The molecule has 3 heterocycles. The van der Waals surface area contributed by atoms with Crippen molar-refractivity contribution in [1.82, 2.24) is 14.9 Å². The highest BCUT2D eigenvalue weighted by Crippen LogP contribution is 2.30. The van der Waals surface area contributed by atoms with Crippen molar-refractivity contribution in [2.75, 3.05) is 19.7 Å². The molecule has 0 saturated carbocycles. The van der Waals surface area contributed by atoms with Gasteiger partial charge in [0, 0.05) is 37.7 Å². The minimum Gasteiger partial charge on any atom is -0.369 e. The third-order valence-corrected chi connectivity index (χ3v) is 5.33. The molecule has 0 unspecified atom stereocenters. The van der Waals surface area contributed by atoms with Gasteiger partial charge in [0.1, 0.15) is 6.10 Å². The van der Waals surface area contributed by atoms with E-state index in [4.69, 9.17) is 4.74 Å². The van der Waals surface area contributed by atoms with Gasteiger partial charge in [0.15, 0.2) is 0 Å². The number of rotatable bonds is 5. The van der Waals surface area contributed by atoms with Gasteiger partial charge in [0.2, 0.25) is 0 Å². The molecule has 1 saturated heterocycles. The van der Waals surface area contributed by atoms with Crippen molar-refractivity contribution in [3.8, 4) is 0 Å². The first-order valence-electron chi connectivity index (χ1n) is 10.2. The van der Waals surface area contributed by atoms with E-state index >= 15 is 0 Å². The molecule has 1 aliphatic heterocycles. The fourth-order valence-corrected chi connectivity index (χ4v) is 3.90. The van der Waals surface area contributed by atoms with Gasteiger partial charge in [-0.3, -0.25) is 14.9 Å². The fourth-order valence-electron chi connectivity index (χ4n) is 3.90. The van der Waals surface area contributed by atoms with Crippen LogP contribution in [0.25, 0.3) is 0 Å². The van der Waals surface area contributed by atoms with Crippen LogP contribution in [-0.4, -0.2) is 34.6 Å². The number of hydrogen-bond donors (Lipinski definition) is 0. The zero-order valence-corrected chi connectivity index (χ0v) is 17.3. The quantitative estimate of drug-likeness (QED) is 0.576. The molecule has 0 aliphatic carbocycles. The molecule has 1 atom stereocenters. The monoisotopic (exact) mass is 427 g/mol. The van der Waals surface area contributed by atoms with Crippen LogP contribution in [0.3, 0.4) is 0 Å². The lowest BCUT2D eigenvalue weighted by molar-refractivity contribution is -0.137. The molecule has 1 aliphatic rings. The molecule has 0 N–H and O–H groups in total. The molecule has 7 heteroatoms. The summed E-state index contributed by atoms with van der Waals surface area (Å²) in [7, 11) is 0. The molecular weight excluding hydrogens is 403 g/mol. The van der Waals surface area contributed by atoms with Gasteiger partial charge in [-0.1, -0.05) is 18.2 Å². The highest BCUT2D eigenvalue weighted by molar-refractivity contribution is 5.32. The highest BCUT2D eigenvalue weighted by atomic mass is 19.4. The number of alkyl halides is 3. The van der Waals surface area contributed by atoms with Gasteiger partial charge in [0.05, 0.1) is 17.9 Å². The Labute approximate surface area is 179 Å². The summed E-state index contributed by atoms with van der Waals surface area (Å²) in [6, 6.07) is 13.4. The lowest BCUT2D eigenvalue weighted by Crippen LogP contribution is -2.38. The summed E-state index contributed by atoms with van der Waals surface area (Å²) in [5.41, 5.74) is 3.76. The number of benzene rings is 1. The molecule has 162 valence electrons. The van der Waals surface area contributed by atoms with E-state index in [0.29, 0.717) is 25.1 Å². The van der Waals surface area contributed by atoms with Crippen molar-refractivity contribution in [3.63, 3.8) is 0 Å². The first-order chi connectivity index (χ1) is 14.9. The molecule has 0 radical (unpaired) electrons. The normalized spacial score (nSPS) is 17.6. The van der Waals surface area contributed by atoms with Crippen LogP contribution in [0.2, 0.25) is 0 Å². The maximum Gasteiger partial charge on any atom is 0.416 e. The number of ether oxygens (including phenoxy) is 1. The van der Waals surface area contributed by atoms with Crippen LogP contribution in [0.5, 0.6) is 0 Å². The van der Waals surface area contributed by atoms with E-state index in [1.54, 1.807) is 18.5 Å². The SMILES string of the molecule is Cc1cc(Cc2cccc(C(F)(F)F)c2)cc([C@@H]2CN(Cc3ccncc3)CCO2)n1. The van der Waals surface area contributed by atoms with E-state index in [2.05, 4.69) is 14.9 Å². The molecule has 0 spiro atoms. The second-order valence-electron chi connectivity index (χ2n) is 7.87. The van der Waals surface area contributed by atoms with Crippen molar-refractivity contribution in [1.29, 1.82) is 0 Å². The summed E-state index contributed by atoms with van der Waals surface area (Å²) in [6.45, 7) is 4.86. The minimum atomic E-state index is -4.34. The average Bonchev–Trinajstić information content (AvgIpc) is 2.74. The van der Waals surface area contributed by atoms with Gasteiger partial charge >= 0.3 is 6.18 Å². The largest absolute Gasteiger partial charge is 0.416 e. The average molecular weight is 427 g/mol. The predicted molar refractivity (Wildman–Crippen MR) is 111 cm³/mol. The van der Waals surface area contributed by atoms with E-state index < -0.39 is 11.7 Å². The maximum atomic E-state index is 13.0. The Morgan fingerprint density at radius 3 is 2.61 bits per heavy atom. The first kappa shape index (κ1) is 21.5. The van der Waals surface area contributed by atoms with Crippen LogP contribution < -0.4 is 0 Å². The van der Waals surface area contributed by atoms with Gasteiger partial charge in [-0.05, 0) is 60.4 Å². The van der Waals surface area contributed by atoms with Crippen molar-refractivity contribution in [2.45, 2.75) is 32.2 Å². The Hall–Kier alpha value is -2.77. The smallest absolute Gasteiger partial charge is 0.369 e. The summed E-state index contributed by atoms with van der Waals surface area (Å²) >= 11 is 0. The van der Waals surface area contributed by atoms with E-state index in [9.17, 15) is 13.2 Å². The summed E-state index contributed by atoms with van der Waals surface area (Å²) in [5, 5.41) is 0. The van der Waals surface area contributed by atoms with Crippen LogP contribution in [0.15, 0.2) is 60.9 Å². The Balaban J connectivity index is 1.50. The van der Waals surface area contributed by atoms with Gasteiger partial charge in [-0.25, -0.2) is 0 Å². The van der Waals surface area contributed by atoms with Gasteiger partial charge in [0.25, 0.3) is 0 Å². The number of nitrogens with zero attached hydrogens (tertiary/aromatic N) is 3. The predicted octanol–water partition coefficient (Wildman–Crippen LogP) is 4.97. The second kappa shape index (κ2) is 9.16. The summed E-state index contributed by atoms with van der Waals surface area (Å²) < 4.78 is 45.1. The molecular formula is C24H24F3N3O. The summed E-state index contributed by atoms with van der Waals surface area (Å²) in [5.74, 6) is 0. The van der Waals surface area contributed by atoms with Crippen molar-refractivity contribution < 1.29 is 17.9 Å². The van der Waals surface area contributed by atoms with E-state index in [1.807, 2.05) is 31.2 Å². The number of halogens is 3. The number of hydrogen-bond acceptors (Lipinski definition) is 4. The zero-order chi connectivity index (χ0) is 21.8. The molecule has 1 aromatic carbocycles. The third-order valence-electron chi connectivity index (χ3n) is 5.33. The molecule has 2 aromatic heterocycles. The molecule has 0 amide bonds. The molecule has 4 rings (SSSR count). The molecule has 31 heavy (non-hydrogen) atoms. The molecule has 4 nitrogen and oxygen atoms in total. The lowest BCUT2D eigenvalue weighted by atomic mass is 10.0. The Bertz CT molecular complexity index is 1020. The van der Waals surface area contributed by atoms with Crippen molar-refractivity contribution >= 4 is 0 Å². The number of morpholine rings is 1. The summed E-state index contributed by atoms with van der Waals surface area (Å²) in [6.07, 6.45) is -0.530. The number of aryl methyl sites for hydroxylation is 1. The maximum absolute atomic E-state index is 13.0. The topological polar surface area (TPSA) is 38.2 Å². The van der Waals surface area contributed by atoms with E-state index in [1.165, 1.54) is 17.7 Å². The Morgan fingerprint density at radius 1 is 1.03 bits per heavy atom. The Kier molecular flexibility index (Phi) is 6.34. The molecule has 0 bridgehead atoms. The van der Waals surface area contributed by atoms with Crippen LogP contribution >= 0.6 is 0 Å². The summed E-state index contributed by atoms with van der Waals surface area (Å²) in [4.78, 5) is 11.0.